The summed E-state index contributed by atoms with van der Waals surface area (Å²) in [6.07, 6.45) is 1.32. The van der Waals surface area contributed by atoms with Gasteiger partial charge in [0.1, 0.15) is 5.71 Å². The number of rotatable bonds is 6. The molecule has 0 unspecified atom stereocenters. The Morgan fingerprint density at radius 3 is 2.36 bits per heavy atom. The molecule has 22 heavy (non-hydrogen) atoms. The monoisotopic (exact) mass is 432 g/mol. The Morgan fingerprint density at radius 2 is 1.86 bits per heavy atom. The van der Waals surface area contributed by atoms with Crippen molar-refractivity contribution in [1.29, 1.82) is 0 Å². The van der Waals surface area contributed by atoms with Crippen LogP contribution in [0.25, 0.3) is 0 Å². The summed E-state index contributed by atoms with van der Waals surface area (Å²) in [4.78, 5) is 7.23. The standard InChI is InChI=1S/C10H14Cl6N4O2/c1-19(2-4-21)3-5-22-20-17-7(9(11,12)13)6-8(18-20)10(14,15)16/h6,17,21H,2-5H2,1H3. The molecular formula is C10H14Cl6N4O2. The highest BCUT2D eigenvalue weighted by atomic mass is 35.6. The van der Waals surface area contributed by atoms with Crippen molar-refractivity contribution in [2.75, 3.05) is 33.4 Å². The number of halogens is 6. The maximum Gasteiger partial charge on any atom is 0.234 e. The lowest BCUT2D eigenvalue weighted by molar-refractivity contribution is -0.192. The van der Waals surface area contributed by atoms with Crippen molar-refractivity contribution in [3.05, 3.63) is 11.8 Å². The summed E-state index contributed by atoms with van der Waals surface area (Å²) in [6, 6.07) is 0. The average Bonchev–Trinajstić information content (AvgIpc) is 2.36. The fourth-order valence-electron chi connectivity index (χ4n) is 1.33. The number of nitrogens with zero attached hydrogens (tertiary/aromatic N) is 3. The largest absolute Gasteiger partial charge is 0.395 e. The molecule has 0 aromatic carbocycles. The lowest BCUT2D eigenvalue weighted by Crippen LogP contribution is -2.44. The molecule has 0 aromatic heterocycles. The van der Waals surface area contributed by atoms with Crippen LogP contribution in [0, 0.1) is 0 Å². The van der Waals surface area contributed by atoms with Crippen molar-refractivity contribution in [2.45, 2.75) is 7.59 Å². The third kappa shape index (κ3) is 7.03. The molecular weight excluding hydrogens is 421 g/mol. The first-order valence-electron chi connectivity index (χ1n) is 5.98. The third-order valence-electron chi connectivity index (χ3n) is 2.46. The Kier molecular flexibility index (Phi) is 8.13. The van der Waals surface area contributed by atoms with Crippen LogP contribution in [0.3, 0.4) is 0 Å². The smallest absolute Gasteiger partial charge is 0.234 e. The van der Waals surface area contributed by atoms with E-state index in [4.69, 9.17) is 79.5 Å². The van der Waals surface area contributed by atoms with E-state index in [0.29, 0.717) is 13.1 Å². The molecule has 2 N–H and O–H groups in total. The molecule has 128 valence electrons. The maximum absolute atomic E-state index is 8.81. The number of hydrazine groups is 1. The van der Waals surface area contributed by atoms with E-state index in [0.717, 1.165) is 5.28 Å². The molecule has 0 bridgehead atoms. The van der Waals surface area contributed by atoms with E-state index in [1.165, 1.54) is 6.08 Å². The van der Waals surface area contributed by atoms with Crippen molar-refractivity contribution in [2.24, 2.45) is 5.10 Å². The number of hydrogen-bond donors (Lipinski definition) is 2. The van der Waals surface area contributed by atoms with Crippen molar-refractivity contribution < 1.29 is 9.94 Å². The van der Waals surface area contributed by atoms with Gasteiger partial charge in [-0.15, -0.1) is 5.10 Å². The second-order valence-electron chi connectivity index (χ2n) is 4.28. The molecule has 1 aliphatic rings. The van der Waals surface area contributed by atoms with Crippen molar-refractivity contribution >= 4 is 75.3 Å². The fourth-order valence-corrected chi connectivity index (χ4v) is 1.90. The van der Waals surface area contributed by atoms with Gasteiger partial charge in [-0.2, -0.15) is 0 Å². The molecule has 0 atom stereocenters. The number of aliphatic hydroxyl groups is 1. The summed E-state index contributed by atoms with van der Waals surface area (Å²) in [5, 5.41) is 13.7. The van der Waals surface area contributed by atoms with Crippen LogP contribution in [0.15, 0.2) is 16.9 Å². The van der Waals surface area contributed by atoms with Gasteiger partial charge in [-0.05, 0) is 13.1 Å². The molecule has 0 spiro atoms. The van der Waals surface area contributed by atoms with E-state index in [1.54, 1.807) is 0 Å². The summed E-state index contributed by atoms with van der Waals surface area (Å²) in [5.74, 6) is 0. The van der Waals surface area contributed by atoms with Crippen molar-refractivity contribution in [3.63, 3.8) is 0 Å². The summed E-state index contributed by atoms with van der Waals surface area (Å²) >= 11 is 34.8. The number of likely N-dealkylation sites (N-methyl/N-ethyl adjacent to an activating group) is 1. The van der Waals surface area contributed by atoms with Gasteiger partial charge in [0.2, 0.25) is 7.59 Å². The summed E-state index contributed by atoms with van der Waals surface area (Å²) in [6.45, 7) is 1.34. The number of aliphatic hydroxyl groups excluding tert-OH is 1. The van der Waals surface area contributed by atoms with Gasteiger partial charge in [-0.3, -0.25) is 5.43 Å². The first-order valence-corrected chi connectivity index (χ1v) is 8.24. The predicted molar refractivity (Wildman–Crippen MR) is 91.6 cm³/mol. The Labute approximate surface area is 158 Å². The van der Waals surface area contributed by atoms with E-state index in [1.807, 2.05) is 11.9 Å². The van der Waals surface area contributed by atoms with E-state index in [-0.39, 0.29) is 24.6 Å². The molecule has 0 radical (unpaired) electrons. The molecule has 0 amide bonds. The van der Waals surface area contributed by atoms with Gasteiger partial charge >= 0.3 is 0 Å². The van der Waals surface area contributed by atoms with Crippen LogP contribution in [-0.2, 0) is 4.84 Å². The zero-order valence-corrected chi connectivity index (χ0v) is 15.9. The number of allylic oxidation sites excluding steroid dienone is 2. The highest BCUT2D eigenvalue weighted by molar-refractivity contribution is 6.77. The maximum atomic E-state index is 8.81. The minimum Gasteiger partial charge on any atom is -0.395 e. The van der Waals surface area contributed by atoms with Crippen LogP contribution in [0.4, 0.5) is 0 Å². The number of alkyl halides is 6. The molecule has 6 nitrogen and oxygen atoms in total. The first-order chi connectivity index (χ1) is 10.0. The zero-order chi connectivity index (χ0) is 17.0. The molecule has 1 heterocycles. The Morgan fingerprint density at radius 1 is 1.23 bits per heavy atom. The fraction of sp³-hybridized carbons (Fsp3) is 0.700. The molecule has 1 rings (SSSR count). The quantitative estimate of drug-likeness (QED) is 0.629. The number of hydrazone groups is 1. The van der Waals surface area contributed by atoms with E-state index >= 15 is 0 Å². The highest BCUT2D eigenvalue weighted by Gasteiger charge is 2.36. The second-order valence-corrected chi connectivity index (χ2v) is 8.85. The minimum absolute atomic E-state index is 0.0290. The topological polar surface area (TPSA) is 60.3 Å². The Bertz CT molecular complexity index is 434. The predicted octanol–water partition coefficient (Wildman–Crippen LogP) is 2.64. The Balaban J connectivity index is 2.72. The summed E-state index contributed by atoms with van der Waals surface area (Å²) in [5.41, 5.74) is 2.80. The highest BCUT2D eigenvalue weighted by Crippen LogP contribution is 2.37. The van der Waals surface area contributed by atoms with E-state index in [9.17, 15) is 0 Å². The lowest BCUT2D eigenvalue weighted by Gasteiger charge is -2.30. The van der Waals surface area contributed by atoms with Crippen LogP contribution < -0.4 is 5.43 Å². The van der Waals surface area contributed by atoms with Crippen LogP contribution in [0.1, 0.15) is 0 Å². The van der Waals surface area contributed by atoms with Crippen molar-refractivity contribution in [1.82, 2.24) is 15.6 Å². The molecule has 0 aromatic rings. The van der Waals surface area contributed by atoms with Gasteiger partial charge in [-0.25, -0.2) is 4.84 Å². The lowest BCUT2D eigenvalue weighted by atomic mass is 10.3. The molecule has 0 aliphatic carbocycles. The minimum atomic E-state index is -1.81. The van der Waals surface area contributed by atoms with Crippen LogP contribution >= 0.6 is 69.6 Å². The van der Waals surface area contributed by atoms with E-state index < -0.39 is 7.59 Å². The number of hydrogen-bond acceptors (Lipinski definition) is 6. The summed E-state index contributed by atoms with van der Waals surface area (Å²) < 4.78 is -3.58. The third-order valence-corrected chi connectivity index (χ3v) is 3.65. The van der Waals surface area contributed by atoms with Gasteiger partial charge in [0.05, 0.1) is 18.9 Å². The molecule has 1 aliphatic heterocycles. The first kappa shape index (κ1) is 20.7. The molecule has 0 saturated carbocycles. The second kappa shape index (κ2) is 8.65. The van der Waals surface area contributed by atoms with Crippen LogP contribution in [0.5, 0.6) is 0 Å². The van der Waals surface area contributed by atoms with Gasteiger partial charge in [0.25, 0.3) is 0 Å². The molecule has 12 heteroatoms. The van der Waals surface area contributed by atoms with Gasteiger partial charge in [-0.1, -0.05) is 74.9 Å². The molecule has 0 fully saturated rings. The van der Waals surface area contributed by atoms with Gasteiger partial charge in [0.15, 0.2) is 0 Å². The summed E-state index contributed by atoms with van der Waals surface area (Å²) in [7, 11) is 1.83. The molecule has 0 saturated heterocycles. The van der Waals surface area contributed by atoms with E-state index in [2.05, 4.69) is 10.5 Å². The van der Waals surface area contributed by atoms with Gasteiger partial charge in [0, 0.05) is 13.1 Å². The van der Waals surface area contributed by atoms with Crippen LogP contribution in [0.2, 0.25) is 0 Å². The van der Waals surface area contributed by atoms with Gasteiger partial charge < -0.3 is 10.0 Å². The van der Waals surface area contributed by atoms with Crippen LogP contribution in [-0.4, -0.2) is 61.9 Å². The normalized spacial score (nSPS) is 16.5. The zero-order valence-electron chi connectivity index (χ0n) is 11.4. The number of nitrogens with one attached hydrogen (secondary N) is 1. The Hall–Kier alpha value is 0.630. The average molecular weight is 435 g/mol. The van der Waals surface area contributed by atoms with Crippen molar-refractivity contribution in [3.8, 4) is 0 Å². The SMILES string of the molecule is CN(CCO)CCON1N=C(C(Cl)(Cl)Cl)C=C(C(Cl)(Cl)Cl)N1.